The third kappa shape index (κ3) is 3.02. The van der Waals surface area contributed by atoms with Crippen molar-refractivity contribution < 1.29 is 0 Å². The highest BCUT2D eigenvalue weighted by Crippen LogP contribution is 2.22. The average molecular weight is 277 g/mol. The Labute approximate surface area is 96.4 Å². The molecule has 0 spiro atoms. The van der Waals surface area contributed by atoms with Crippen LogP contribution in [0.1, 0.15) is 0 Å². The van der Waals surface area contributed by atoms with Crippen LogP contribution in [0.4, 0.5) is 11.8 Å². The van der Waals surface area contributed by atoms with Crippen LogP contribution >= 0.6 is 27.7 Å². The Bertz CT molecular complexity index is 307. The smallest absolute Gasteiger partial charge is 0.222 e. The number of rotatable bonds is 4. The van der Waals surface area contributed by atoms with Crippen LogP contribution in [0, 0.1) is 0 Å². The molecule has 0 bridgehead atoms. The number of anilines is 2. The molecule has 0 aromatic carbocycles. The van der Waals surface area contributed by atoms with Gasteiger partial charge in [0, 0.05) is 25.5 Å². The average Bonchev–Trinajstić information content (AvgIpc) is 2.18. The van der Waals surface area contributed by atoms with E-state index in [-0.39, 0.29) is 0 Å². The molecule has 0 saturated heterocycles. The maximum atomic E-state index is 5.52. The van der Waals surface area contributed by atoms with Gasteiger partial charge in [0.2, 0.25) is 5.95 Å². The maximum Gasteiger partial charge on any atom is 0.222 e. The molecule has 1 rings (SSSR count). The van der Waals surface area contributed by atoms with Crippen molar-refractivity contribution in [3.05, 3.63) is 10.7 Å². The molecule has 14 heavy (non-hydrogen) atoms. The van der Waals surface area contributed by atoms with Crippen molar-refractivity contribution in [1.82, 2.24) is 9.97 Å². The van der Waals surface area contributed by atoms with E-state index >= 15 is 0 Å². The number of thioether (sulfide) groups is 1. The summed E-state index contributed by atoms with van der Waals surface area (Å²) in [5.41, 5.74) is 5.52. The molecule has 0 aliphatic carbocycles. The Kier molecular flexibility index (Phi) is 4.47. The molecule has 0 unspecified atom stereocenters. The van der Waals surface area contributed by atoms with Crippen molar-refractivity contribution in [3.8, 4) is 0 Å². The van der Waals surface area contributed by atoms with E-state index in [1.165, 1.54) is 0 Å². The normalized spacial score (nSPS) is 10.2. The van der Waals surface area contributed by atoms with Crippen molar-refractivity contribution in [3.63, 3.8) is 0 Å². The van der Waals surface area contributed by atoms with Crippen LogP contribution in [0.15, 0.2) is 10.7 Å². The molecule has 1 aromatic rings. The Hall–Kier alpha value is -0.490. The van der Waals surface area contributed by atoms with E-state index in [0.29, 0.717) is 5.95 Å². The molecule has 0 fully saturated rings. The number of aromatic nitrogens is 2. The highest BCUT2D eigenvalue weighted by atomic mass is 79.9. The van der Waals surface area contributed by atoms with Crippen molar-refractivity contribution in [2.45, 2.75) is 0 Å². The molecule has 0 aliphatic heterocycles. The van der Waals surface area contributed by atoms with Gasteiger partial charge in [-0.1, -0.05) is 0 Å². The van der Waals surface area contributed by atoms with Crippen LogP contribution < -0.4 is 10.6 Å². The highest BCUT2D eigenvalue weighted by molar-refractivity contribution is 9.10. The monoisotopic (exact) mass is 276 g/mol. The number of nitrogens with two attached hydrogens (primary N) is 1. The molecular formula is C8H13BrN4S. The Morgan fingerprint density at radius 2 is 2.36 bits per heavy atom. The molecule has 0 radical (unpaired) electrons. The Morgan fingerprint density at radius 3 is 3.00 bits per heavy atom. The standard InChI is InChI=1S/C8H13BrN4S/c1-13(3-4-14-2)7-6(9)5-11-8(10)12-7/h5H,3-4H2,1-2H3,(H2,10,11,12). The molecule has 0 aliphatic rings. The van der Waals surface area contributed by atoms with Crippen LogP contribution in [0.5, 0.6) is 0 Å². The summed E-state index contributed by atoms with van der Waals surface area (Å²) in [4.78, 5) is 10.1. The van der Waals surface area contributed by atoms with Gasteiger partial charge in [0.1, 0.15) is 5.82 Å². The highest BCUT2D eigenvalue weighted by Gasteiger charge is 2.07. The first kappa shape index (κ1) is 11.6. The van der Waals surface area contributed by atoms with Gasteiger partial charge in [-0.2, -0.15) is 16.7 Å². The summed E-state index contributed by atoms with van der Waals surface area (Å²) in [6.45, 7) is 0.941. The van der Waals surface area contributed by atoms with Gasteiger partial charge in [-0.05, 0) is 22.2 Å². The summed E-state index contributed by atoms with van der Waals surface area (Å²) in [5.74, 6) is 2.21. The predicted molar refractivity (Wildman–Crippen MR) is 65.8 cm³/mol. The molecule has 6 heteroatoms. The van der Waals surface area contributed by atoms with Crippen molar-refractivity contribution >= 4 is 39.5 Å². The zero-order chi connectivity index (χ0) is 10.6. The Balaban J connectivity index is 2.77. The number of hydrogen-bond acceptors (Lipinski definition) is 5. The summed E-state index contributed by atoms with van der Waals surface area (Å²) in [5, 5.41) is 0. The molecule has 1 heterocycles. The second-order valence-corrected chi connectivity index (χ2v) is 4.65. The van der Waals surface area contributed by atoms with E-state index in [2.05, 4.69) is 37.1 Å². The van der Waals surface area contributed by atoms with Gasteiger partial charge in [-0.15, -0.1) is 0 Å². The number of nitrogens with zero attached hydrogens (tertiary/aromatic N) is 3. The molecule has 2 N–H and O–H groups in total. The summed E-state index contributed by atoms with van der Waals surface area (Å²) in [6.07, 6.45) is 3.75. The van der Waals surface area contributed by atoms with Gasteiger partial charge in [0.05, 0.1) is 4.47 Å². The van der Waals surface area contributed by atoms with Gasteiger partial charge < -0.3 is 10.6 Å². The van der Waals surface area contributed by atoms with Gasteiger partial charge in [0.15, 0.2) is 0 Å². The van der Waals surface area contributed by atoms with Gasteiger partial charge in [-0.3, -0.25) is 0 Å². The quantitative estimate of drug-likeness (QED) is 0.906. The van der Waals surface area contributed by atoms with E-state index in [1.54, 1.807) is 18.0 Å². The largest absolute Gasteiger partial charge is 0.368 e. The van der Waals surface area contributed by atoms with Crippen molar-refractivity contribution in [2.75, 3.05) is 36.2 Å². The first-order valence-corrected chi connectivity index (χ1v) is 6.32. The molecule has 78 valence electrons. The minimum Gasteiger partial charge on any atom is -0.368 e. The summed E-state index contributed by atoms with van der Waals surface area (Å²) in [7, 11) is 1.99. The molecule has 1 aromatic heterocycles. The van der Waals surface area contributed by atoms with Crippen molar-refractivity contribution in [1.29, 1.82) is 0 Å². The fourth-order valence-corrected chi connectivity index (χ4v) is 1.92. The molecule has 0 saturated carbocycles. The second kappa shape index (κ2) is 5.41. The van der Waals surface area contributed by atoms with Gasteiger partial charge >= 0.3 is 0 Å². The third-order valence-electron chi connectivity index (χ3n) is 1.74. The molecular weight excluding hydrogens is 264 g/mol. The lowest BCUT2D eigenvalue weighted by Gasteiger charge is -2.18. The summed E-state index contributed by atoms with van der Waals surface area (Å²) in [6, 6.07) is 0. The lowest BCUT2D eigenvalue weighted by atomic mass is 10.5. The predicted octanol–water partition coefficient (Wildman–Crippen LogP) is 1.62. The topological polar surface area (TPSA) is 55.0 Å². The Morgan fingerprint density at radius 1 is 1.64 bits per heavy atom. The lowest BCUT2D eigenvalue weighted by molar-refractivity contribution is 0.934. The van der Waals surface area contributed by atoms with Crippen LogP contribution in [-0.4, -0.2) is 35.6 Å². The minimum absolute atomic E-state index is 0.305. The second-order valence-electron chi connectivity index (χ2n) is 2.81. The first-order valence-electron chi connectivity index (χ1n) is 4.13. The number of halogens is 1. The van der Waals surface area contributed by atoms with E-state index in [9.17, 15) is 0 Å². The molecule has 4 nitrogen and oxygen atoms in total. The van der Waals surface area contributed by atoms with E-state index in [0.717, 1.165) is 22.6 Å². The lowest BCUT2D eigenvalue weighted by Crippen LogP contribution is -2.22. The fraction of sp³-hybridized carbons (Fsp3) is 0.500. The van der Waals surface area contributed by atoms with Crippen LogP contribution in [0.2, 0.25) is 0 Å². The third-order valence-corrected chi connectivity index (χ3v) is 2.89. The molecule has 0 amide bonds. The van der Waals surface area contributed by atoms with Crippen LogP contribution in [0.25, 0.3) is 0 Å². The van der Waals surface area contributed by atoms with E-state index in [4.69, 9.17) is 5.73 Å². The molecule has 0 atom stereocenters. The first-order chi connectivity index (χ1) is 6.65. The van der Waals surface area contributed by atoms with E-state index in [1.807, 2.05) is 7.05 Å². The zero-order valence-electron chi connectivity index (χ0n) is 8.20. The summed E-state index contributed by atoms with van der Waals surface area (Å²) < 4.78 is 0.871. The van der Waals surface area contributed by atoms with Crippen LogP contribution in [0.3, 0.4) is 0 Å². The SMILES string of the molecule is CSCCN(C)c1nc(N)ncc1Br. The van der Waals surface area contributed by atoms with Crippen molar-refractivity contribution in [2.24, 2.45) is 0 Å². The van der Waals surface area contributed by atoms with E-state index < -0.39 is 0 Å². The maximum absolute atomic E-state index is 5.52. The van der Waals surface area contributed by atoms with Gasteiger partial charge in [-0.25, -0.2) is 4.98 Å². The number of hydrogen-bond donors (Lipinski definition) is 1. The van der Waals surface area contributed by atoms with Crippen LogP contribution in [-0.2, 0) is 0 Å². The van der Waals surface area contributed by atoms with Gasteiger partial charge in [0.25, 0.3) is 0 Å². The minimum atomic E-state index is 0.305. The number of nitrogen functional groups attached to an aromatic ring is 1. The zero-order valence-corrected chi connectivity index (χ0v) is 10.6. The summed E-state index contributed by atoms with van der Waals surface area (Å²) >= 11 is 5.20. The fourth-order valence-electron chi connectivity index (χ4n) is 0.973.